The Morgan fingerprint density at radius 1 is 1.27 bits per heavy atom. The molecule has 0 bridgehead atoms. The summed E-state index contributed by atoms with van der Waals surface area (Å²) in [5, 5.41) is 2.87. The van der Waals surface area contributed by atoms with Gasteiger partial charge in [-0.25, -0.2) is 0 Å². The molecule has 0 amide bonds. The number of nitrogens with zero attached hydrogens (tertiary/aromatic N) is 1. The van der Waals surface area contributed by atoms with Crippen molar-refractivity contribution in [3.63, 3.8) is 0 Å². The van der Waals surface area contributed by atoms with Crippen molar-refractivity contribution in [2.75, 3.05) is 31.2 Å². The largest absolute Gasteiger partial charge is 0.388 e. The number of rotatable bonds is 2. The average molecular weight is 156 g/mol. The van der Waals surface area contributed by atoms with Gasteiger partial charge >= 0.3 is 0 Å². The van der Waals surface area contributed by atoms with Crippen LogP contribution in [0.5, 0.6) is 0 Å². The molecule has 1 rings (SSSR count). The number of hydrogen-bond donors (Lipinski definition) is 1. The van der Waals surface area contributed by atoms with E-state index in [9.17, 15) is 0 Å². The summed E-state index contributed by atoms with van der Waals surface area (Å²) in [6, 6.07) is 6.18. The molecule has 1 aromatic rings. The zero-order valence-electron chi connectivity index (χ0n) is 12.3. The Labute approximate surface area is 76.3 Å². The van der Waals surface area contributed by atoms with E-state index in [0.29, 0.717) is 4.90 Å². The van der Waals surface area contributed by atoms with Gasteiger partial charge in [-0.2, -0.15) is 0 Å². The molecule has 0 fully saturated rings. The second kappa shape index (κ2) is 3.28. The van der Waals surface area contributed by atoms with Crippen LogP contribution in [-0.4, -0.2) is 21.0 Å². The fourth-order valence-corrected chi connectivity index (χ4v) is 0.777. The number of hydrogen-bond acceptors (Lipinski definition) is 2. The van der Waals surface area contributed by atoms with E-state index in [1.54, 1.807) is 19.2 Å². The van der Waals surface area contributed by atoms with Gasteiger partial charge < -0.3 is 10.2 Å². The number of nitrogens with one attached hydrogen (secondary N) is 1. The highest BCUT2D eigenvalue weighted by Crippen LogP contribution is 2.14. The van der Waals surface area contributed by atoms with E-state index in [-0.39, 0.29) is 5.69 Å². The van der Waals surface area contributed by atoms with Crippen molar-refractivity contribution in [1.29, 1.82) is 0 Å². The van der Waals surface area contributed by atoms with Crippen molar-refractivity contribution in [2.24, 2.45) is 0 Å². The van der Waals surface area contributed by atoms with Crippen molar-refractivity contribution in [2.45, 2.75) is 0 Å². The lowest BCUT2D eigenvalue weighted by Crippen LogP contribution is -2.08. The van der Waals surface area contributed by atoms with Gasteiger partial charge in [0.15, 0.2) is 0 Å². The van der Waals surface area contributed by atoms with Gasteiger partial charge in [0.2, 0.25) is 0 Å². The van der Waals surface area contributed by atoms with Crippen LogP contribution < -0.4 is 10.2 Å². The second-order valence-electron chi connectivity index (χ2n) is 2.13. The maximum absolute atomic E-state index is 7.26. The molecule has 0 saturated heterocycles. The molecule has 0 aliphatic heterocycles. The van der Waals surface area contributed by atoms with Crippen LogP contribution in [0.15, 0.2) is 24.3 Å². The molecule has 60 valence electrons. The minimum Gasteiger partial charge on any atom is -0.388 e. The predicted octanol–water partition coefficient (Wildman–Crippen LogP) is 1.79. The van der Waals surface area contributed by atoms with Crippen LogP contribution in [0, 0.1) is 0 Å². The Morgan fingerprint density at radius 3 is 2.36 bits per heavy atom. The summed E-state index contributed by atoms with van der Waals surface area (Å²) < 4.78 is 43.6. The van der Waals surface area contributed by atoms with Crippen LogP contribution in [0.2, 0.25) is 0 Å². The van der Waals surface area contributed by atoms with Crippen molar-refractivity contribution >= 4 is 11.4 Å². The molecule has 11 heavy (non-hydrogen) atoms. The van der Waals surface area contributed by atoms with Gasteiger partial charge in [-0.05, 0) is 24.3 Å². The Morgan fingerprint density at radius 2 is 1.91 bits per heavy atom. The molecule has 0 heterocycles. The molecule has 2 heteroatoms. The first kappa shape index (κ1) is 3.05. The van der Waals surface area contributed by atoms with Crippen LogP contribution in [-0.2, 0) is 0 Å². The molecule has 0 saturated carbocycles. The van der Waals surface area contributed by atoms with E-state index in [0.717, 1.165) is 5.69 Å². The summed E-state index contributed by atoms with van der Waals surface area (Å²) in [6.45, 7) is -5.40. The van der Waals surface area contributed by atoms with Crippen LogP contribution >= 0.6 is 0 Å². The van der Waals surface area contributed by atoms with Crippen LogP contribution in [0.25, 0.3) is 0 Å². The normalized spacial score (nSPS) is 19.7. The summed E-state index contributed by atoms with van der Waals surface area (Å²) in [7, 11) is 1.72. The average Bonchev–Trinajstić information content (AvgIpc) is 2.14. The SMILES string of the molecule is [2H]C([2H])([2H])N(c1ccc(NC)cc1)C([2H])([2H])[2H]. The summed E-state index contributed by atoms with van der Waals surface area (Å²) in [6.07, 6.45) is 0. The third-order valence-electron chi connectivity index (χ3n) is 1.41. The topological polar surface area (TPSA) is 15.3 Å². The molecule has 0 aliphatic rings. The van der Waals surface area contributed by atoms with Gasteiger partial charge in [-0.15, -0.1) is 0 Å². The predicted molar refractivity (Wildman–Crippen MR) is 50.3 cm³/mol. The van der Waals surface area contributed by atoms with Crippen LogP contribution in [0.3, 0.4) is 0 Å². The van der Waals surface area contributed by atoms with Gasteiger partial charge in [0.1, 0.15) is 0 Å². The molecular weight excluding hydrogens is 136 g/mol. The smallest absolute Gasteiger partial charge is 0.0456 e. The maximum Gasteiger partial charge on any atom is 0.0456 e. The van der Waals surface area contributed by atoms with Crippen molar-refractivity contribution < 1.29 is 8.22 Å². The summed E-state index contributed by atoms with van der Waals surface area (Å²) in [5.41, 5.74) is 0.925. The Bertz CT molecular complexity index is 353. The van der Waals surface area contributed by atoms with Crippen molar-refractivity contribution in [3.05, 3.63) is 24.3 Å². The molecule has 0 spiro atoms. The number of benzene rings is 1. The van der Waals surface area contributed by atoms with Crippen LogP contribution in [0.1, 0.15) is 8.22 Å². The first-order chi connectivity index (χ1) is 7.66. The molecule has 1 aromatic carbocycles. The summed E-state index contributed by atoms with van der Waals surface area (Å²) >= 11 is 0. The van der Waals surface area contributed by atoms with Gasteiger partial charge in [0, 0.05) is 40.6 Å². The molecule has 0 aromatic heterocycles. The first-order valence-electron chi connectivity index (χ1n) is 6.24. The molecule has 1 N–H and O–H groups in total. The van der Waals surface area contributed by atoms with E-state index >= 15 is 0 Å². The Kier molecular flexibility index (Phi) is 0.911. The minimum atomic E-state index is -2.70. The van der Waals surface area contributed by atoms with Gasteiger partial charge in [0.25, 0.3) is 0 Å². The fraction of sp³-hybridized carbons (Fsp3) is 0.333. The third-order valence-corrected chi connectivity index (χ3v) is 1.41. The highest BCUT2D eigenvalue weighted by molar-refractivity contribution is 5.53. The van der Waals surface area contributed by atoms with E-state index in [1.807, 2.05) is 0 Å². The summed E-state index contributed by atoms with van der Waals surface area (Å²) in [4.78, 5) is 0.458. The second-order valence-corrected chi connectivity index (χ2v) is 2.13. The molecule has 0 radical (unpaired) electrons. The molecule has 2 nitrogen and oxygen atoms in total. The van der Waals surface area contributed by atoms with Gasteiger partial charge in [-0.3, -0.25) is 0 Å². The number of anilines is 2. The Hall–Kier alpha value is -1.18. The first-order valence-corrected chi connectivity index (χ1v) is 3.24. The minimum absolute atomic E-state index is 0.143. The molecule has 0 atom stereocenters. The lowest BCUT2D eigenvalue weighted by molar-refractivity contribution is 1.13. The zero-order valence-corrected chi connectivity index (χ0v) is 6.26. The van der Waals surface area contributed by atoms with Gasteiger partial charge in [-0.1, -0.05) is 0 Å². The van der Waals surface area contributed by atoms with E-state index in [1.165, 1.54) is 12.1 Å². The quantitative estimate of drug-likeness (QED) is 0.702. The monoisotopic (exact) mass is 156 g/mol. The van der Waals surface area contributed by atoms with E-state index in [2.05, 4.69) is 5.32 Å². The highest BCUT2D eigenvalue weighted by atomic mass is 15.1. The van der Waals surface area contributed by atoms with Crippen molar-refractivity contribution in [1.82, 2.24) is 0 Å². The van der Waals surface area contributed by atoms with Crippen molar-refractivity contribution in [3.8, 4) is 0 Å². The highest BCUT2D eigenvalue weighted by Gasteiger charge is 1.92. The van der Waals surface area contributed by atoms with Gasteiger partial charge in [0.05, 0.1) is 0 Å². The molecule has 0 aliphatic carbocycles. The lowest BCUT2D eigenvalue weighted by Gasteiger charge is -2.12. The lowest BCUT2D eigenvalue weighted by atomic mass is 10.3. The van der Waals surface area contributed by atoms with Crippen LogP contribution in [0.4, 0.5) is 11.4 Å². The summed E-state index contributed by atoms with van der Waals surface area (Å²) in [5.74, 6) is 0. The van der Waals surface area contributed by atoms with E-state index in [4.69, 9.17) is 8.22 Å². The maximum atomic E-state index is 7.26. The molecular formula is C9H14N2. The Balaban J connectivity index is 3.14. The molecule has 0 unspecified atom stereocenters. The zero-order chi connectivity index (χ0) is 13.3. The fourth-order valence-electron chi connectivity index (χ4n) is 0.777. The third kappa shape index (κ3) is 1.87. The van der Waals surface area contributed by atoms with E-state index < -0.39 is 14.0 Å². The standard InChI is InChI=1S/C9H14N2/c1-10-8-4-6-9(7-5-8)11(2)3/h4-7,10H,1-3H3/i2D3,3D3.